The number of benzene rings is 2. The number of hydrogen-bond donors (Lipinski definition) is 1. The number of hydrogen-bond acceptors (Lipinski definition) is 6. The first kappa shape index (κ1) is 19.1. The number of rotatable bonds is 6. The maximum atomic E-state index is 13.8. The molecule has 0 radical (unpaired) electrons. The monoisotopic (exact) mass is 412 g/mol. The van der Waals surface area contributed by atoms with E-state index < -0.39 is 5.82 Å². The van der Waals surface area contributed by atoms with Gasteiger partial charge >= 0.3 is 0 Å². The first-order valence-electron chi connectivity index (χ1n) is 9.01. The van der Waals surface area contributed by atoms with Crippen molar-refractivity contribution in [3.63, 3.8) is 0 Å². The molecule has 2 amide bonds. The van der Waals surface area contributed by atoms with E-state index in [0.717, 1.165) is 30.4 Å². The van der Waals surface area contributed by atoms with Gasteiger partial charge in [0.1, 0.15) is 5.82 Å². The van der Waals surface area contributed by atoms with Gasteiger partial charge in [0.25, 0.3) is 11.1 Å². The second kappa shape index (κ2) is 8.44. The van der Waals surface area contributed by atoms with E-state index in [0.29, 0.717) is 12.1 Å². The normalized spacial score (nSPS) is 13.7. The summed E-state index contributed by atoms with van der Waals surface area (Å²) in [7, 11) is 0. The second-order valence-electron chi connectivity index (χ2n) is 6.39. The number of thioether (sulfide) groups is 1. The molecule has 7 nitrogen and oxygen atoms in total. The van der Waals surface area contributed by atoms with Crippen molar-refractivity contribution < 1.29 is 18.4 Å². The third kappa shape index (κ3) is 4.45. The van der Waals surface area contributed by atoms with E-state index in [-0.39, 0.29) is 34.2 Å². The molecule has 3 aromatic rings. The van der Waals surface area contributed by atoms with Crippen molar-refractivity contribution >= 4 is 35.0 Å². The highest BCUT2D eigenvalue weighted by molar-refractivity contribution is 7.99. The van der Waals surface area contributed by atoms with Crippen LogP contribution in [0.2, 0.25) is 0 Å². The van der Waals surface area contributed by atoms with Crippen molar-refractivity contribution in [2.75, 3.05) is 22.5 Å². The lowest BCUT2D eigenvalue weighted by Crippen LogP contribution is -2.23. The Morgan fingerprint density at radius 2 is 1.97 bits per heavy atom. The van der Waals surface area contributed by atoms with Gasteiger partial charge in [-0.2, -0.15) is 0 Å². The Kier molecular flexibility index (Phi) is 5.57. The molecule has 29 heavy (non-hydrogen) atoms. The predicted octanol–water partition coefficient (Wildman–Crippen LogP) is 3.73. The zero-order valence-electron chi connectivity index (χ0n) is 15.3. The van der Waals surface area contributed by atoms with E-state index in [1.165, 1.54) is 6.07 Å². The highest BCUT2D eigenvalue weighted by Crippen LogP contribution is 2.26. The van der Waals surface area contributed by atoms with Gasteiger partial charge in [-0.1, -0.05) is 23.9 Å². The van der Waals surface area contributed by atoms with Gasteiger partial charge in [0.15, 0.2) is 0 Å². The molecule has 4 rings (SSSR count). The van der Waals surface area contributed by atoms with Crippen molar-refractivity contribution in [3.05, 3.63) is 54.3 Å². The highest BCUT2D eigenvalue weighted by Gasteiger charge is 2.21. The molecule has 9 heteroatoms. The molecule has 0 saturated carbocycles. The topological polar surface area (TPSA) is 88.3 Å². The van der Waals surface area contributed by atoms with Gasteiger partial charge in [-0.05, 0) is 42.8 Å². The minimum Gasteiger partial charge on any atom is -0.411 e. The zero-order valence-corrected chi connectivity index (χ0v) is 16.1. The maximum Gasteiger partial charge on any atom is 0.277 e. The number of anilines is 2. The van der Waals surface area contributed by atoms with Crippen LogP contribution >= 0.6 is 11.8 Å². The SMILES string of the molecule is O=C(CSc1nnc(-c2ccccc2F)o1)Nc1ccc(N2CCCC2=O)cc1. The third-order valence-corrected chi connectivity index (χ3v) is 5.19. The number of amides is 2. The van der Waals surface area contributed by atoms with Crippen molar-refractivity contribution in [2.24, 2.45) is 0 Å². The van der Waals surface area contributed by atoms with Crippen LogP contribution in [0.1, 0.15) is 12.8 Å². The summed E-state index contributed by atoms with van der Waals surface area (Å²) in [4.78, 5) is 25.7. The Morgan fingerprint density at radius 3 is 2.69 bits per heavy atom. The molecular formula is C20H17FN4O3S. The summed E-state index contributed by atoms with van der Waals surface area (Å²) < 4.78 is 19.2. The van der Waals surface area contributed by atoms with Gasteiger partial charge in [0.05, 0.1) is 11.3 Å². The molecule has 148 valence electrons. The van der Waals surface area contributed by atoms with E-state index >= 15 is 0 Å². The van der Waals surface area contributed by atoms with Crippen molar-refractivity contribution in [3.8, 4) is 11.5 Å². The molecule has 0 bridgehead atoms. The minimum atomic E-state index is -0.454. The summed E-state index contributed by atoms with van der Waals surface area (Å²) in [6.45, 7) is 0.722. The van der Waals surface area contributed by atoms with Gasteiger partial charge in [-0.3, -0.25) is 9.59 Å². The molecular weight excluding hydrogens is 395 g/mol. The quantitative estimate of drug-likeness (QED) is 0.621. The van der Waals surface area contributed by atoms with E-state index in [4.69, 9.17) is 4.42 Å². The Balaban J connectivity index is 1.31. The number of halogens is 1. The summed E-state index contributed by atoms with van der Waals surface area (Å²) in [5.41, 5.74) is 1.67. The van der Waals surface area contributed by atoms with Crippen LogP contribution in [-0.4, -0.2) is 34.3 Å². The van der Waals surface area contributed by atoms with Crippen molar-refractivity contribution in [2.45, 2.75) is 18.1 Å². The molecule has 0 unspecified atom stereocenters. The van der Waals surface area contributed by atoms with Crippen molar-refractivity contribution in [1.29, 1.82) is 0 Å². The molecule has 0 aliphatic carbocycles. The molecule has 1 N–H and O–H groups in total. The average Bonchev–Trinajstić information content (AvgIpc) is 3.36. The van der Waals surface area contributed by atoms with E-state index in [9.17, 15) is 14.0 Å². The van der Waals surface area contributed by atoms with E-state index in [2.05, 4.69) is 15.5 Å². The number of carbonyl (C=O) groups excluding carboxylic acids is 2. The molecule has 1 fully saturated rings. The minimum absolute atomic E-state index is 0.0608. The smallest absolute Gasteiger partial charge is 0.277 e. The van der Waals surface area contributed by atoms with Crippen LogP contribution in [0.5, 0.6) is 0 Å². The van der Waals surface area contributed by atoms with Gasteiger partial charge in [-0.15, -0.1) is 10.2 Å². The van der Waals surface area contributed by atoms with Gasteiger partial charge in [0.2, 0.25) is 11.8 Å². The summed E-state index contributed by atoms with van der Waals surface area (Å²) in [6.07, 6.45) is 1.44. The number of aromatic nitrogens is 2. The Hall–Kier alpha value is -3.20. The molecule has 1 aliphatic rings. The highest BCUT2D eigenvalue weighted by atomic mass is 32.2. The fourth-order valence-electron chi connectivity index (χ4n) is 2.98. The fraction of sp³-hybridized carbons (Fsp3) is 0.200. The fourth-order valence-corrected chi connectivity index (χ4v) is 3.54. The molecule has 2 aromatic carbocycles. The maximum absolute atomic E-state index is 13.8. The Labute approximate surface area is 170 Å². The van der Waals surface area contributed by atoms with E-state index in [1.54, 1.807) is 35.2 Å². The predicted molar refractivity (Wildman–Crippen MR) is 107 cm³/mol. The number of nitrogens with one attached hydrogen (secondary N) is 1. The summed E-state index contributed by atoms with van der Waals surface area (Å²) >= 11 is 1.07. The summed E-state index contributed by atoms with van der Waals surface area (Å²) in [6, 6.07) is 13.2. The lowest BCUT2D eigenvalue weighted by Gasteiger charge is -2.16. The Bertz CT molecular complexity index is 1040. The van der Waals surface area contributed by atoms with Gasteiger partial charge < -0.3 is 14.6 Å². The summed E-state index contributed by atoms with van der Waals surface area (Å²) in [5, 5.41) is 10.6. The summed E-state index contributed by atoms with van der Waals surface area (Å²) in [5.74, 6) is -0.452. The van der Waals surface area contributed by atoms with Crippen LogP contribution in [0.15, 0.2) is 58.2 Å². The van der Waals surface area contributed by atoms with Gasteiger partial charge in [0, 0.05) is 24.3 Å². The first-order valence-corrected chi connectivity index (χ1v) is 10.0. The van der Waals surface area contributed by atoms with Crippen LogP contribution in [-0.2, 0) is 9.59 Å². The lowest BCUT2D eigenvalue weighted by atomic mass is 10.2. The zero-order chi connectivity index (χ0) is 20.2. The largest absolute Gasteiger partial charge is 0.411 e. The van der Waals surface area contributed by atoms with Crippen LogP contribution in [0, 0.1) is 5.82 Å². The van der Waals surface area contributed by atoms with Gasteiger partial charge in [-0.25, -0.2) is 4.39 Å². The number of nitrogens with zero attached hydrogens (tertiary/aromatic N) is 3. The van der Waals surface area contributed by atoms with Crippen LogP contribution in [0.4, 0.5) is 15.8 Å². The standard InChI is InChI=1S/C20H17FN4O3S/c21-16-5-2-1-4-15(16)19-23-24-20(28-19)29-12-17(26)22-13-7-9-14(10-8-13)25-11-3-6-18(25)27/h1-2,4-5,7-10H,3,6,11-12H2,(H,22,26). The molecule has 1 aromatic heterocycles. The average molecular weight is 412 g/mol. The molecule has 1 saturated heterocycles. The van der Waals surface area contributed by atoms with E-state index in [1.807, 2.05) is 12.1 Å². The van der Waals surface area contributed by atoms with Crippen LogP contribution < -0.4 is 10.2 Å². The molecule has 1 aliphatic heterocycles. The van der Waals surface area contributed by atoms with Crippen LogP contribution in [0.25, 0.3) is 11.5 Å². The Morgan fingerprint density at radius 1 is 1.17 bits per heavy atom. The first-order chi connectivity index (χ1) is 14.1. The lowest BCUT2D eigenvalue weighted by molar-refractivity contribution is -0.117. The second-order valence-corrected chi connectivity index (χ2v) is 7.31. The third-order valence-electron chi connectivity index (χ3n) is 4.37. The molecule has 0 atom stereocenters. The van der Waals surface area contributed by atoms with Crippen molar-refractivity contribution in [1.82, 2.24) is 10.2 Å². The molecule has 2 heterocycles. The molecule has 0 spiro atoms. The van der Waals surface area contributed by atoms with Crippen LogP contribution in [0.3, 0.4) is 0 Å². The number of carbonyl (C=O) groups is 2.